The molecule has 0 unspecified atom stereocenters. The fourth-order valence-corrected chi connectivity index (χ4v) is 3.13. The number of unbranched alkanes of at least 4 members (excludes halogenated alkanes) is 1. The van der Waals surface area contributed by atoms with Crippen LogP contribution >= 0.6 is 0 Å². The third kappa shape index (κ3) is 2.17. The Bertz CT molecular complexity index is 664. The zero-order valence-electron chi connectivity index (χ0n) is 13.3. The first kappa shape index (κ1) is 14.6. The number of nitrogens with zero attached hydrogens (tertiary/aromatic N) is 3. The van der Waals surface area contributed by atoms with Gasteiger partial charge in [0.1, 0.15) is 18.5 Å². The number of ketones is 1. The van der Waals surface area contributed by atoms with Crippen LogP contribution in [0.3, 0.4) is 0 Å². The second-order valence-corrected chi connectivity index (χ2v) is 5.65. The topological polar surface area (TPSA) is 45.1 Å². The lowest BCUT2D eigenvalue weighted by Crippen LogP contribution is -2.29. The average molecular weight is 299 g/mol. The van der Waals surface area contributed by atoms with Crippen molar-refractivity contribution < 1.29 is 9.63 Å². The highest BCUT2D eigenvalue weighted by atomic mass is 16.6. The van der Waals surface area contributed by atoms with E-state index in [1.807, 2.05) is 31.3 Å². The van der Waals surface area contributed by atoms with Gasteiger partial charge >= 0.3 is 0 Å². The maximum absolute atomic E-state index is 12.9. The van der Waals surface area contributed by atoms with Crippen molar-refractivity contribution in [2.24, 2.45) is 5.16 Å². The Labute approximate surface area is 130 Å². The molecule has 0 bridgehead atoms. The van der Waals surface area contributed by atoms with E-state index < -0.39 is 0 Å². The van der Waals surface area contributed by atoms with Gasteiger partial charge in [0.15, 0.2) is 0 Å². The van der Waals surface area contributed by atoms with E-state index >= 15 is 0 Å². The van der Waals surface area contributed by atoms with Crippen LogP contribution in [0.25, 0.3) is 0 Å². The molecule has 0 saturated carbocycles. The Hall–Kier alpha value is -2.30. The van der Waals surface area contributed by atoms with Crippen LogP contribution in [0.1, 0.15) is 35.7 Å². The van der Waals surface area contributed by atoms with Gasteiger partial charge in [-0.25, -0.2) is 0 Å². The predicted molar refractivity (Wildman–Crippen MR) is 85.6 cm³/mol. The smallest absolute Gasteiger partial charge is 0.212 e. The molecule has 0 amide bonds. The van der Waals surface area contributed by atoms with Crippen LogP contribution in [0, 0.1) is 0 Å². The molecule has 1 aromatic rings. The molecule has 22 heavy (non-hydrogen) atoms. The Morgan fingerprint density at radius 1 is 1.23 bits per heavy atom. The molecule has 5 nitrogen and oxygen atoms in total. The Morgan fingerprint density at radius 2 is 1.95 bits per heavy atom. The minimum absolute atomic E-state index is 0.0844. The van der Waals surface area contributed by atoms with Crippen LogP contribution in [0.5, 0.6) is 0 Å². The van der Waals surface area contributed by atoms with Crippen LogP contribution in [0.15, 0.2) is 40.8 Å². The summed E-state index contributed by atoms with van der Waals surface area (Å²) < 4.78 is 0. The quantitative estimate of drug-likeness (QED) is 0.801. The van der Waals surface area contributed by atoms with Crippen molar-refractivity contribution >= 4 is 11.5 Å². The number of hydrogen-bond acceptors (Lipinski definition) is 5. The molecule has 0 radical (unpaired) electrons. The summed E-state index contributed by atoms with van der Waals surface area (Å²) in [5.41, 5.74) is 3.92. The maximum Gasteiger partial charge on any atom is 0.212 e. The zero-order chi connectivity index (χ0) is 15.7. The van der Waals surface area contributed by atoms with E-state index in [9.17, 15) is 4.79 Å². The number of rotatable bonds is 4. The lowest BCUT2D eigenvalue weighted by atomic mass is 9.89. The predicted octanol–water partition coefficient (Wildman–Crippen LogP) is 2.45. The van der Waals surface area contributed by atoms with E-state index in [1.54, 1.807) is 0 Å². The highest BCUT2D eigenvalue weighted by molar-refractivity contribution is 6.28. The molecule has 0 saturated heterocycles. The molecule has 0 aromatic heterocycles. The summed E-state index contributed by atoms with van der Waals surface area (Å²) in [4.78, 5) is 22.2. The Kier molecular flexibility index (Phi) is 3.88. The molecule has 1 heterocycles. The van der Waals surface area contributed by atoms with Crippen LogP contribution in [-0.2, 0) is 4.84 Å². The average Bonchev–Trinajstić information content (AvgIpc) is 2.86. The summed E-state index contributed by atoms with van der Waals surface area (Å²) in [6, 6.07) is 7.61. The lowest BCUT2D eigenvalue weighted by Gasteiger charge is -2.23. The van der Waals surface area contributed by atoms with Crippen LogP contribution < -0.4 is 0 Å². The number of carbonyl (C=O) groups excluding carboxylic acids is 1. The standard InChI is InChI=1S/C17H21N3O2/c1-4-5-10-20-11-19(2)15-14(18-22-3)12-8-6-7-9-13(12)17(21)16(15)20/h6-9H,4-5,10-11H2,1-3H3. The summed E-state index contributed by atoms with van der Waals surface area (Å²) in [6.07, 6.45) is 2.17. The summed E-state index contributed by atoms with van der Waals surface area (Å²) in [5.74, 6) is 0.0844. The van der Waals surface area contributed by atoms with Crippen LogP contribution in [0.4, 0.5) is 0 Å². The van der Waals surface area contributed by atoms with Crippen molar-refractivity contribution in [2.45, 2.75) is 19.8 Å². The number of Topliss-reactive ketones (excluding diaryl/α,β-unsaturated/α-hetero) is 1. The highest BCUT2D eigenvalue weighted by Crippen LogP contribution is 2.34. The minimum Gasteiger partial charge on any atom is -0.399 e. The van der Waals surface area contributed by atoms with Gasteiger partial charge < -0.3 is 14.6 Å². The molecule has 5 heteroatoms. The molecule has 1 aromatic carbocycles. The molecule has 0 spiro atoms. The molecular formula is C17H21N3O2. The largest absolute Gasteiger partial charge is 0.399 e. The highest BCUT2D eigenvalue weighted by Gasteiger charge is 2.40. The number of allylic oxidation sites excluding steroid dienone is 2. The number of fused-ring (bicyclic) bond motifs is 1. The number of carbonyl (C=O) groups is 1. The third-order valence-corrected chi connectivity index (χ3v) is 4.14. The molecule has 0 N–H and O–H groups in total. The zero-order valence-corrected chi connectivity index (χ0v) is 13.3. The Balaban J connectivity index is 2.13. The first-order valence-electron chi connectivity index (χ1n) is 7.65. The van der Waals surface area contributed by atoms with Gasteiger partial charge in [-0.15, -0.1) is 0 Å². The molecule has 116 valence electrons. The van der Waals surface area contributed by atoms with Gasteiger partial charge in [0.2, 0.25) is 5.78 Å². The monoisotopic (exact) mass is 299 g/mol. The summed E-state index contributed by atoms with van der Waals surface area (Å²) >= 11 is 0. The van der Waals surface area contributed by atoms with Gasteiger partial charge in [-0.05, 0) is 6.42 Å². The second kappa shape index (κ2) is 5.83. The number of likely N-dealkylation sites (N-methyl/N-ethyl adjacent to an activating group) is 1. The first-order chi connectivity index (χ1) is 10.7. The van der Waals surface area contributed by atoms with E-state index in [4.69, 9.17) is 4.84 Å². The van der Waals surface area contributed by atoms with Crippen molar-refractivity contribution in [3.8, 4) is 0 Å². The van der Waals surface area contributed by atoms with E-state index in [1.165, 1.54) is 7.11 Å². The summed E-state index contributed by atoms with van der Waals surface area (Å²) in [6.45, 7) is 3.76. The van der Waals surface area contributed by atoms with Gasteiger partial charge in [0.25, 0.3) is 0 Å². The SMILES string of the molecule is CCCCN1CN(C)C2=C1C(=O)c1ccccc1C2=NOC. The first-order valence-corrected chi connectivity index (χ1v) is 7.65. The van der Waals surface area contributed by atoms with Gasteiger partial charge in [0.05, 0.1) is 12.4 Å². The normalized spacial score (nSPS) is 18.9. The van der Waals surface area contributed by atoms with Gasteiger partial charge in [-0.2, -0.15) is 0 Å². The van der Waals surface area contributed by atoms with Crippen molar-refractivity contribution in [3.63, 3.8) is 0 Å². The summed E-state index contributed by atoms with van der Waals surface area (Å²) in [5, 5.41) is 4.21. The third-order valence-electron chi connectivity index (χ3n) is 4.14. The molecule has 2 aliphatic rings. The minimum atomic E-state index is 0.0844. The molecule has 1 aliphatic carbocycles. The summed E-state index contributed by atoms with van der Waals surface area (Å²) in [7, 11) is 3.53. The maximum atomic E-state index is 12.9. The van der Waals surface area contributed by atoms with Gasteiger partial charge in [0, 0.05) is 24.7 Å². The van der Waals surface area contributed by atoms with Crippen LogP contribution in [0.2, 0.25) is 0 Å². The lowest BCUT2D eigenvalue weighted by molar-refractivity contribution is 0.0992. The van der Waals surface area contributed by atoms with Crippen molar-refractivity contribution in [1.82, 2.24) is 9.80 Å². The molecule has 1 aliphatic heterocycles. The fourth-order valence-electron chi connectivity index (χ4n) is 3.13. The van der Waals surface area contributed by atoms with Crippen LogP contribution in [-0.4, -0.2) is 48.7 Å². The van der Waals surface area contributed by atoms with E-state index in [0.29, 0.717) is 12.2 Å². The van der Waals surface area contributed by atoms with Crippen molar-refractivity contribution in [1.29, 1.82) is 0 Å². The van der Waals surface area contributed by atoms with Gasteiger partial charge in [-0.1, -0.05) is 42.8 Å². The number of hydrogen-bond donors (Lipinski definition) is 0. The van der Waals surface area contributed by atoms with Gasteiger partial charge in [-0.3, -0.25) is 4.79 Å². The number of oxime groups is 1. The van der Waals surface area contributed by atoms with E-state index in [0.717, 1.165) is 42.1 Å². The van der Waals surface area contributed by atoms with Crippen molar-refractivity contribution in [3.05, 3.63) is 46.8 Å². The van der Waals surface area contributed by atoms with E-state index in [-0.39, 0.29) is 5.78 Å². The second-order valence-electron chi connectivity index (χ2n) is 5.65. The molecule has 0 fully saturated rings. The number of benzene rings is 1. The molecule has 0 atom stereocenters. The molecular weight excluding hydrogens is 278 g/mol. The molecule has 3 rings (SSSR count). The fraction of sp³-hybridized carbons (Fsp3) is 0.412. The Morgan fingerprint density at radius 3 is 2.64 bits per heavy atom. The van der Waals surface area contributed by atoms with E-state index in [2.05, 4.69) is 21.9 Å². The van der Waals surface area contributed by atoms with Crippen molar-refractivity contribution in [2.75, 3.05) is 27.4 Å².